The highest BCUT2D eigenvalue weighted by Gasteiger charge is 2.53. The van der Waals surface area contributed by atoms with Gasteiger partial charge in [0.05, 0.1) is 7.14 Å². The van der Waals surface area contributed by atoms with Gasteiger partial charge in [-0.2, -0.15) is 0 Å². The Morgan fingerprint density at radius 3 is 1.55 bits per heavy atom. The Bertz CT molecular complexity index is 1600. The average Bonchev–Trinajstić information content (AvgIpc) is 3.06. The fourth-order valence-electron chi connectivity index (χ4n) is 4.79. The molecule has 56 heavy (non-hydrogen) atoms. The van der Waals surface area contributed by atoms with Crippen molar-refractivity contribution in [3.8, 4) is 11.5 Å². The maximum Gasteiger partial charge on any atom is 0.303 e. The number of halogens is 2. The highest BCUT2D eigenvalue weighted by atomic mass is 127. The van der Waals surface area contributed by atoms with Crippen molar-refractivity contribution >= 4 is 92.9 Å². The molecule has 1 heterocycles. The minimum absolute atomic E-state index is 0.116. The van der Waals surface area contributed by atoms with Crippen LogP contribution < -0.4 is 9.47 Å². The summed E-state index contributed by atoms with van der Waals surface area (Å²) in [4.78, 5) is 95.2. The van der Waals surface area contributed by atoms with Crippen LogP contribution in [0.2, 0.25) is 0 Å². The van der Waals surface area contributed by atoms with E-state index in [1.54, 1.807) is 0 Å². The molecule has 0 spiro atoms. The van der Waals surface area contributed by atoms with E-state index in [2.05, 4.69) is 0 Å². The molecule has 2 rings (SSSR count). The Balaban J connectivity index is 2.54. The maximum absolute atomic E-state index is 12.3. The summed E-state index contributed by atoms with van der Waals surface area (Å²) in [6, 6.07) is 2.96. The predicted octanol–water partition coefficient (Wildman–Crippen LogP) is 2.07. The molecular formula is C34H42I2O20. The first-order chi connectivity index (χ1) is 26.2. The van der Waals surface area contributed by atoms with Crippen LogP contribution in [0, 0.1) is 7.14 Å². The van der Waals surface area contributed by atoms with Crippen molar-refractivity contribution in [1.29, 1.82) is 0 Å². The summed E-state index contributed by atoms with van der Waals surface area (Å²) in [6.07, 6.45) is -11.2. The van der Waals surface area contributed by atoms with Crippen LogP contribution in [-0.4, -0.2) is 123 Å². The molecule has 0 saturated carbocycles. The summed E-state index contributed by atoms with van der Waals surface area (Å²) in [6.45, 7) is 6.94. The molecule has 0 N–H and O–H groups in total. The molecule has 4 unspecified atom stereocenters. The van der Waals surface area contributed by atoms with Gasteiger partial charge < -0.3 is 56.8 Å². The molecule has 0 aromatic heterocycles. The van der Waals surface area contributed by atoms with Gasteiger partial charge in [0.1, 0.15) is 43.5 Å². The molecule has 0 amide bonds. The maximum atomic E-state index is 12.3. The Hall–Kier alpha value is -4.04. The first-order valence-electron chi connectivity index (χ1n) is 16.5. The summed E-state index contributed by atoms with van der Waals surface area (Å²) in [5.74, 6) is -5.78. The zero-order chi connectivity index (χ0) is 42.3. The molecule has 1 aliphatic rings. The third-order valence-corrected chi connectivity index (χ3v) is 8.51. The largest absolute Gasteiger partial charge is 0.463 e. The lowest BCUT2D eigenvalue weighted by Gasteiger charge is -2.44. The van der Waals surface area contributed by atoms with Gasteiger partial charge in [0.25, 0.3) is 0 Å². The van der Waals surface area contributed by atoms with E-state index in [1.807, 2.05) is 45.2 Å². The predicted molar refractivity (Wildman–Crippen MR) is 199 cm³/mol. The van der Waals surface area contributed by atoms with E-state index >= 15 is 0 Å². The lowest BCUT2D eigenvalue weighted by atomic mass is 9.98. The van der Waals surface area contributed by atoms with Crippen molar-refractivity contribution in [2.24, 2.45) is 0 Å². The van der Waals surface area contributed by atoms with E-state index in [0.717, 1.165) is 55.4 Å². The third kappa shape index (κ3) is 17.0. The summed E-state index contributed by atoms with van der Waals surface area (Å²) in [5.41, 5.74) is 0. The zero-order valence-electron chi connectivity index (χ0n) is 31.5. The molecule has 1 aromatic rings. The van der Waals surface area contributed by atoms with Crippen molar-refractivity contribution in [1.82, 2.24) is 0 Å². The molecule has 0 aliphatic carbocycles. The van der Waals surface area contributed by atoms with Crippen molar-refractivity contribution in [3.05, 3.63) is 19.3 Å². The Labute approximate surface area is 348 Å². The van der Waals surface area contributed by atoms with Crippen LogP contribution >= 0.6 is 45.2 Å². The number of esters is 8. The van der Waals surface area contributed by atoms with Gasteiger partial charge in [0.2, 0.25) is 18.7 Å². The van der Waals surface area contributed by atoms with Gasteiger partial charge in [0.15, 0.2) is 24.9 Å². The van der Waals surface area contributed by atoms with Crippen LogP contribution in [0.4, 0.5) is 0 Å². The second-order valence-corrected chi connectivity index (χ2v) is 14.0. The molecular weight excluding hydrogens is 982 g/mol. The van der Waals surface area contributed by atoms with Crippen LogP contribution in [-0.2, 0) is 85.7 Å². The van der Waals surface area contributed by atoms with Gasteiger partial charge in [-0.1, -0.05) is 0 Å². The highest BCUT2D eigenvalue weighted by molar-refractivity contribution is 14.1. The van der Waals surface area contributed by atoms with Crippen LogP contribution in [0.1, 0.15) is 55.4 Å². The van der Waals surface area contributed by atoms with E-state index in [0.29, 0.717) is 7.14 Å². The number of rotatable bonds is 19. The van der Waals surface area contributed by atoms with Crippen LogP contribution in [0.3, 0.4) is 0 Å². The second kappa shape index (κ2) is 23.3. The molecule has 1 fully saturated rings. The average molecular weight is 1020 g/mol. The molecule has 1 aliphatic heterocycles. The standard InChI is InChI=1S/C34H42I2O20/c1-15(37)45-11-27(49-19(5)41)28(12-46-16(2)38)54-30(14-48-18(4)40)53-25-9-24(36)26(10-23(25)35)55-34-33(52-22(8)44)32(51-21(7)43)31(50-20(6)42)29(56-34)13-47-17(3)39/h9-10,27-34H,11-14H2,1-8H3/t27-,28?,29?,30+,31+,32?,33?,34+/m0/s1. The smallest absolute Gasteiger partial charge is 0.303 e. The summed E-state index contributed by atoms with van der Waals surface area (Å²) >= 11 is 3.78. The van der Waals surface area contributed by atoms with Crippen molar-refractivity contribution in [2.75, 3.05) is 26.4 Å². The van der Waals surface area contributed by atoms with Crippen molar-refractivity contribution < 1.29 is 95.2 Å². The first-order valence-corrected chi connectivity index (χ1v) is 18.7. The zero-order valence-corrected chi connectivity index (χ0v) is 35.8. The molecule has 20 nitrogen and oxygen atoms in total. The van der Waals surface area contributed by atoms with Gasteiger partial charge in [0, 0.05) is 55.4 Å². The lowest BCUT2D eigenvalue weighted by molar-refractivity contribution is -0.288. The van der Waals surface area contributed by atoms with Crippen LogP contribution in [0.15, 0.2) is 12.1 Å². The minimum atomic E-state index is -1.54. The molecule has 8 atom stereocenters. The van der Waals surface area contributed by atoms with E-state index in [4.69, 9.17) is 56.8 Å². The monoisotopic (exact) mass is 1020 g/mol. The fourth-order valence-corrected chi connectivity index (χ4v) is 5.92. The molecule has 312 valence electrons. The highest BCUT2D eigenvalue weighted by Crippen LogP contribution is 2.36. The second-order valence-electron chi connectivity index (χ2n) is 11.7. The van der Waals surface area contributed by atoms with E-state index < -0.39 is 123 Å². The molecule has 0 radical (unpaired) electrons. The summed E-state index contributed by atoms with van der Waals surface area (Å²) in [7, 11) is 0. The van der Waals surface area contributed by atoms with Crippen LogP contribution in [0.25, 0.3) is 0 Å². The SMILES string of the molecule is CC(=O)OCC1O[C@@H](Oc2cc(I)c(O[C@@H](COC(C)=O)OC(COC(C)=O)[C@H](COC(C)=O)OC(C)=O)cc2I)C(OC(C)=O)C(OC(C)=O)[C@@H]1OC(C)=O. The number of benzene rings is 1. The summed E-state index contributed by atoms with van der Waals surface area (Å²) < 4.78 is 67.0. The fraction of sp³-hybridized carbons (Fsp3) is 0.588. The van der Waals surface area contributed by atoms with Gasteiger partial charge in [-0.05, 0) is 57.3 Å². The minimum Gasteiger partial charge on any atom is -0.463 e. The van der Waals surface area contributed by atoms with Gasteiger partial charge in [-0.3, -0.25) is 38.4 Å². The first kappa shape index (κ1) is 48.1. The van der Waals surface area contributed by atoms with Gasteiger partial charge in [-0.15, -0.1) is 0 Å². The Morgan fingerprint density at radius 2 is 1.04 bits per heavy atom. The number of hydrogen-bond acceptors (Lipinski definition) is 20. The molecule has 1 saturated heterocycles. The number of carbonyl (C=O) groups is 8. The summed E-state index contributed by atoms with van der Waals surface area (Å²) in [5, 5.41) is 0. The van der Waals surface area contributed by atoms with Crippen LogP contribution in [0.5, 0.6) is 11.5 Å². The third-order valence-electron chi connectivity index (χ3n) is 6.82. The van der Waals surface area contributed by atoms with E-state index in [-0.39, 0.29) is 11.5 Å². The van der Waals surface area contributed by atoms with E-state index in [9.17, 15) is 38.4 Å². The molecule has 22 heteroatoms. The van der Waals surface area contributed by atoms with E-state index in [1.165, 1.54) is 12.1 Å². The molecule has 0 bridgehead atoms. The number of carbonyl (C=O) groups excluding carboxylic acids is 8. The van der Waals surface area contributed by atoms with Crippen molar-refractivity contribution in [3.63, 3.8) is 0 Å². The Kier molecular flexibility index (Phi) is 20.0. The number of ether oxygens (including phenoxy) is 12. The normalized spacial score (nSPS) is 20.4. The Morgan fingerprint density at radius 1 is 0.571 bits per heavy atom. The lowest BCUT2D eigenvalue weighted by Crippen LogP contribution is -2.63. The topological polar surface area (TPSA) is 247 Å². The number of hydrogen-bond donors (Lipinski definition) is 0. The van der Waals surface area contributed by atoms with Crippen molar-refractivity contribution in [2.45, 2.75) is 105 Å². The van der Waals surface area contributed by atoms with Gasteiger partial charge in [-0.25, -0.2) is 0 Å². The molecule has 1 aromatic carbocycles. The quantitative estimate of drug-likeness (QED) is 0.0833. The van der Waals surface area contributed by atoms with Gasteiger partial charge >= 0.3 is 47.8 Å².